The lowest BCUT2D eigenvalue weighted by Gasteiger charge is -2.26. The van der Waals surface area contributed by atoms with Crippen molar-refractivity contribution in [3.8, 4) is 0 Å². The molecule has 43 heavy (non-hydrogen) atoms. The number of para-hydroxylation sites is 2. The number of fused-ring (bicyclic) bond motifs is 6. The van der Waals surface area contributed by atoms with E-state index in [2.05, 4.69) is 19.9 Å². The highest BCUT2D eigenvalue weighted by Gasteiger charge is 2.53. The van der Waals surface area contributed by atoms with Gasteiger partial charge in [-0.3, -0.25) is 27.5 Å². The number of hydrogen-bond donors (Lipinski definition) is 5. The molecule has 1 aromatic carbocycles. The Morgan fingerprint density at radius 3 is 2.07 bits per heavy atom. The Labute approximate surface area is 239 Å². The number of H-pyrrole nitrogens is 1. The van der Waals surface area contributed by atoms with Crippen LogP contribution in [0.25, 0.3) is 22.2 Å². The van der Waals surface area contributed by atoms with Crippen molar-refractivity contribution in [2.75, 3.05) is 13.2 Å². The van der Waals surface area contributed by atoms with Crippen LogP contribution in [0.3, 0.4) is 0 Å². The van der Waals surface area contributed by atoms with E-state index in [1.165, 1.54) is 15.5 Å². The van der Waals surface area contributed by atoms with Crippen LogP contribution >= 0.6 is 15.6 Å². The van der Waals surface area contributed by atoms with E-state index >= 15 is 0 Å². The van der Waals surface area contributed by atoms with E-state index < -0.39 is 83.5 Å². The number of phosphoric acid groups is 2. The molecule has 3 aromatic heterocycles. The second kappa shape index (κ2) is 10.6. The van der Waals surface area contributed by atoms with Crippen LogP contribution in [0.5, 0.6) is 0 Å². The number of hydrogen-bond acceptors (Lipinski definition) is 14. The largest absolute Gasteiger partial charge is 0.472 e. The Balaban J connectivity index is 1.22. The molecule has 4 bridgehead atoms. The van der Waals surface area contributed by atoms with E-state index in [-0.39, 0.29) is 11.2 Å². The van der Waals surface area contributed by atoms with Gasteiger partial charge >= 0.3 is 15.6 Å². The summed E-state index contributed by atoms with van der Waals surface area (Å²) in [5, 5.41) is 22.1. The topological polar surface area (TPSA) is 252 Å². The number of aliphatic hydroxyl groups is 2. The number of rotatable bonds is 2. The number of aliphatic hydroxyl groups excluding tert-OH is 2. The summed E-state index contributed by atoms with van der Waals surface area (Å²) in [6, 6.07) is 6.90. The van der Waals surface area contributed by atoms with Gasteiger partial charge in [-0.05, 0) is 12.1 Å². The Morgan fingerprint density at radius 1 is 0.837 bits per heavy atom. The predicted octanol–water partition coefficient (Wildman–Crippen LogP) is -0.296. The minimum absolute atomic E-state index is 0.00853. The summed E-state index contributed by atoms with van der Waals surface area (Å²) in [5.74, 6) is 0. The van der Waals surface area contributed by atoms with Crippen molar-refractivity contribution in [3.05, 3.63) is 53.6 Å². The number of imidazole rings is 2. The molecule has 0 saturated carbocycles. The van der Waals surface area contributed by atoms with Crippen molar-refractivity contribution >= 4 is 37.8 Å². The number of aromatic nitrogens is 6. The molecular weight excluding hydrogens is 618 g/mol. The number of benzene rings is 1. The van der Waals surface area contributed by atoms with Crippen molar-refractivity contribution in [3.63, 3.8) is 0 Å². The smallest absolute Gasteiger partial charge is 0.387 e. The highest BCUT2D eigenvalue weighted by atomic mass is 31.2. The van der Waals surface area contributed by atoms with Gasteiger partial charge in [-0.2, -0.15) is 0 Å². The lowest BCUT2D eigenvalue weighted by Crippen LogP contribution is -2.38. The third kappa shape index (κ3) is 5.16. The molecule has 4 aromatic rings. The zero-order valence-electron chi connectivity index (χ0n) is 21.7. The Hall–Kier alpha value is -2.90. The fourth-order valence-electron chi connectivity index (χ4n) is 5.32. The molecule has 5 N–H and O–H groups in total. The summed E-state index contributed by atoms with van der Waals surface area (Å²) in [4.78, 5) is 48.0. The van der Waals surface area contributed by atoms with Gasteiger partial charge < -0.3 is 39.0 Å². The molecule has 0 aliphatic carbocycles. The van der Waals surface area contributed by atoms with Crippen LogP contribution in [0.15, 0.2) is 48.0 Å². The number of phosphoric ester groups is 2. The van der Waals surface area contributed by atoms with Gasteiger partial charge in [-0.1, -0.05) is 12.1 Å². The van der Waals surface area contributed by atoms with Crippen molar-refractivity contribution in [1.29, 1.82) is 0 Å². The monoisotopic (exact) mass is 642 g/mol. The summed E-state index contributed by atoms with van der Waals surface area (Å²) in [6.07, 6.45) is -8.39. The molecular formula is C22H24N6O13P2. The molecule has 7 rings (SSSR count). The van der Waals surface area contributed by atoms with Gasteiger partial charge in [-0.15, -0.1) is 0 Å². The molecule has 10 atom stereocenters. The highest BCUT2D eigenvalue weighted by molar-refractivity contribution is 7.47. The standard InChI is InChI=1S/C22H24N6O13P2/c29-15-12-5-36-43(34,35)41-18-16(30)13(39-22(18)28-9-26-14-19(28)23-7-24-20(14)31)6-37-42(32,33)40-17(15)21(38-12)27-8-25-10-3-1-2-4-11(10)27/h1-4,7-9,12-13,15-18,21-22,29-30H,5-6H2,(H,32,33)(H,34,35)(H,23,24,31). The first-order valence-electron chi connectivity index (χ1n) is 12.8. The maximum Gasteiger partial charge on any atom is 0.472 e. The molecule has 230 valence electrons. The fourth-order valence-corrected chi connectivity index (χ4v) is 7.19. The van der Waals surface area contributed by atoms with E-state index in [0.717, 1.165) is 12.7 Å². The van der Waals surface area contributed by atoms with Crippen molar-refractivity contribution in [2.45, 2.75) is 49.1 Å². The molecule has 6 heterocycles. The average Bonchev–Trinajstić information content (AvgIpc) is 3.72. The van der Waals surface area contributed by atoms with Crippen molar-refractivity contribution < 1.29 is 56.7 Å². The molecule has 10 unspecified atom stereocenters. The van der Waals surface area contributed by atoms with E-state index in [1.54, 1.807) is 24.3 Å². The van der Waals surface area contributed by atoms with Gasteiger partial charge in [0, 0.05) is 0 Å². The molecule has 0 radical (unpaired) electrons. The van der Waals surface area contributed by atoms with Crippen LogP contribution in [0.1, 0.15) is 12.5 Å². The Bertz CT molecular complexity index is 1830. The first kappa shape index (κ1) is 28.8. The minimum Gasteiger partial charge on any atom is -0.387 e. The third-order valence-corrected chi connectivity index (χ3v) is 9.30. The van der Waals surface area contributed by atoms with Gasteiger partial charge in [0.25, 0.3) is 5.56 Å². The zero-order chi connectivity index (χ0) is 30.1. The summed E-state index contributed by atoms with van der Waals surface area (Å²) >= 11 is 0. The van der Waals surface area contributed by atoms with E-state index in [1.807, 2.05) is 0 Å². The predicted molar refractivity (Wildman–Crippen MR) is 139 cm³/mol. The fraction of sp³-hybridized carbons (Fsp3) is 0.455. The third-order valence-electron chi connectivity index (χ3n) is 7.33. The van der Waals surface area contributed by atoms with Crippen LogP contribution in [0, 0.1) is 0 Å². The van der Waals surface area contributed by atoms with Gasteiger partial charge in [-0.25, -0.2) is 24.1 Å². The first-order chi connectivity index (χ1) is 20.5. The summed E-state index contributed by atoms with van der Waals surface area (Å²) in [7, 11) is -10.0. The van der Waals surface area contributed by atoms with E-state index in [4.69, 9.17) is 27.6 Å². The number of ether oxygens (including phenoxy) is 2. The van der Waals surface area contributed by atoms with E-state index in [0.29, 0.717) is 11.0 Å². The second-order valence-corrected chi connectivity index (χ2v) is 12.8. The number of aromatic amines is 1. The molecule has 19 nitrogen and oxygen atoms in total. The zero-order valence-corrected chi connectivity index (χ0v) is 23.5. The second-order valence-electron chi connectivity index (χ2n) is 9.98. The average molecular weight is 642 g/mol. The molecule has 3 fully saturated rings. The van der Waals surface area contributed by atoms with Crippen LogP contribution < -0.4 is 5.56 Å². The summed E-state index contributed by atoms with van der Waals surface area (Å²) < 4.78 is 61.6. The minimum atomic E-state index is -5.02. The van der Waals surface area contributed by atoms with Crippen LogP contribution in [0.2, 0.25) is 0 Å². The summed E-state index contributed by atoms with van der Waals surface area (Å²) in [5.41, 5.74) is 0.419. The number of nitrogens with zero attached hydrogens (tertiary/aromatic N) is 5. The summed E-state index contributed by atoms with van der Waals surface area (Å²) in [6.45, 7) is -1.51. The van der Waals surface area contributed by atoms with Gasteiger partial charge in [0.2, 0.25) is 0 Å². The van der Waals surface area contributed by atoms with Crippen LogP contribution in [-0.4, -0.2) is 98.9 Å². The Morgan fingerprint density at radius 2 is 1.42 bits per heavy atom. The first-order valence-corrected chi connectivity index (χ1v) is 15.8. The van der Waals surface area contributed by atoms with Crippen molar-refractivity contribution in [1.82, 2.24) is 29.1 Å². The van der Waals surface area contributed by atoms with E-state index in [9.17, 15) is 33.9 Å². The maximum absolute atomic E-state index is 13.1. The molecule has 0 amide bonds. The highest BCUT2D eigenvalue weighted by Crippen LogP contribution is 2.53. The van der Waals surface area contributed by atoms with Gasteiger partial charge in [0.1, 0.15) is 36.6 Å². The molecule has 3 saturated heterocycles. The molecule has 0 spiro atoms. The molecule has 3 aliphatic rings. The van der Waals surface area contributed by atoms with Gasteiger partial charge in [0.05, 0.1) is 43.2 Å². The quantitative estimate of drug-likeness (QED) is 0.176. The van der Waals surface area contributed by atoms with Crippen LogP contribution in [0.4, 0.5) is 0 Å². The van der Waals surface area contributed by atoms with Gasteiger partial charge in [0.15, 0.2) is 23.6 Å². The SMILES string of the molecule is O=c1[nH]cnc2c1ncn2C1OC2COP(=O)(O)OC3C(O)C(COP(=O)(O)OC1C2O)OC3n1cnc2ccccc21. The maximum atomic E-state index is 13.1. The molecule has 3 aliphatic heterocycles. The Kier molecular flexibility index (Phi) is 7.13. The lowest BCUT2D eigenvalue weighted by molar-refractivity contribution is -0.0674. The molecule has 21 heteroatoms. The van der Waals surface area contributed by atoms with Crippen molar-refractivity contribution in [2.24, 2.45) is 0 Å². The normalized spacial score (nSPS) is 38.9. The van der Waals surface area contributed by atoms with Crippen LogP contribution in [-0.2, 0) is 36.7 Å². The lowest BCUT2D eigenvalue weighted by atomic mass is 10.1. The number of nitrogens with one attached hydrogen (secondary N) is 1.